The van der Waals surface area contributed by atoms with Gasteiger partial charge in [-0.25, -0.2) is 9.59 Å². The number of amides is 2. The molecule has 10 atom stereocenters. The third-order valence-corrected chi connectivity index (χ3v) is 8.48. The molecule has 1 unspecified atom stereocenters. The van der Waals surface area contributed by atoms with E-state index in [0.29, 0.717) is 5.56 Å². The molecular formula is C38H52N2O20. The third kappa shape index (κ3) is 14.9. The number of nitrogens with zero attached hydrogens (tertiary/aromatic N) is 1. The van der Waals surface area contributed by atoms with E-state index in [4.69, 9.17) is 56.8 Å². The fourth-order valence-electron chi connectivity index (χ4n) is 6.16. The van der Waals surface area contributed by atoms with Gasteiger partial charge in [0.05, 0.1) is 13.2 Å². The molecule has 3 rings (SSSR count). The molecule has 334 valence electrons. The molecule has 0 aromatic heterocycles. The zero-order valence-corrected chi connectivity index (χ0v) is 34.5. The summed E-state index contributed by atoms with van der Waals surface area (Å²) in [6, 6.07) is 8.64. The summed E-state index contributed by atoms with van der Waals surface area (Å²) in [4.78, 5) is 102. The predicted octanol–water partition coefficient (Wildman–Crippen LogP) is 1.07. The molecule has 0 bridgehead atoms. The molecule has 2 amide bonds. The molecule has 2 aliphatic rings. The minimum Gasteiger partial charge on any atom is -0.463 e. The van der Waals surface area contributed by atoms with E-state index >= 15 is 0 Å². The molecule has 0 radical (unpaired) electrons. The van der Waals surface area contributed by atoms with Crippen LogP contribution in [0.25, 0.3) is 0 Å². The molecule has 60 heavy (non-hydrogen) atoms. The van der Waals surface area contributed by atoms with Crippen molar-refractivity contribution in [1.82, 2.24) is 10.2 Å². The number of hydrogen-bond acceptors (Lipinski definition) is 20. The van der Waals surface area contributed by atoms with Gasteiger partial charge in [0.25, 0.3) is 0 Å². The summed E-state index contributed by atoms with van der Waals surface area (Å²) in [5.41, 5.74) is 0.608. The SMILES string of the molecule is CCOCCN(C(=O)OCc1ccccc1)C1O[C@@H](COC(C)=O)[C@@H](OC(C)=O)[C@H](OC(C)=O)[C@@H]1O[C@H]1O[C@H](COC(C)=O)[C@@H](OC(C)=O)[C@H](OC(=O)NC)[C@@H]1OC(C)=O. The normalized spacial score (nSPS) is 25.9. The lowest BCUT2D eigenvalue weighted by Gasteiger charge is -2.50. The van der Waals surface area contributed by atoms with Gasteiger partial charge in [0.15, 0.2) is 43.0 Å². The molecule has 22 nitrogen and oxygen atoms in total. The number of carbonyl (C=O) groups is 8. The summed E-state index contributed by atoms with van der Waals surface area (Å²) in [6.07, 6.45) is -19.1. The zero-order valence-electron chi connectivity index (χ0n) is 34.5. The first-order chi connectivity index (χ1) is 28.4. The Kier molecular flexibility index (Phi) is 19.4. The Labute approximate surface area is 345 Å². The van der Waals surface area contributed by atoms with Gasteiger partial charge in [0.1, 0.15) is 38.1 Å². The number of hydrogen-bond donors (Lipinski definition) is 1. The summed E-state index contributed by atoms with van der Waals surface area (Å²) < 4.78 is 68.7. The van der Waals surface area contributed by atoms with Gasteiger partial charge < -0.3 is 62.2 Å². The smallest absolute Gasteiger partial charge is 0.412 e. The van der Waals surface area contributed by atoms with Gasteiger partial charge in [-0.2, -0.15) is 0 Å². The van der Waals surface area contributed by atoms with Crippen molar-refractivity contribution in [3.63, 3.8) is 0 Å². The molecule has 0 aliphatic carbocycles. The van der Waals surface area contributed by atoms with Crippen LogP contribution in [-0.4, -0.2) is 154 Å². The maximum atomic E-state index is 14.1. The predicted molar refractivity (Wildman–Crippen MR) is 197 cm³/mol. The lowest BCUT2D eigenvalue weighted by Crippen LogP contribution is -2.69. The van der Waals surface area contributed by atoms with Crippen LogP contribution in [0.5, 0.6) is 0 Å². The number of rotatable bonds is 18. The number of ether oxygens (including phenoxy) is 12. The highest BCUT2D eigenvalue weighted by Crippen LogP contribution is 2.36. The van der Waals surface area contributed by atoms with Crippen LogP contribution >= 0.6 is 0 Å². The summed E-state index contributed by atoms with van der Waals surface area (Å²) >= 11 is 0. The Bertz CT molecular complexity index is 1640. The minimum atomic E-state index is -1.94. The quantitative estimate of drug-likeness (QED) is 0.123. The Balaban J connectivity index is 2.30. The van der Waals surface area contributed by atoms with E-state index in [1.165, 1.54) is 7.05 Å². The van der Waals surface area contributed by atoms with Crippen molar-refractivity contribution in [3.8, 4) is 0 Å². The third-order valence-electron chi connectivity index (χ3n) is 8.48. The van der Waals surface area contributed by atoms with Crippen LogP contribution in [0.15, 0.2) is 30.3 Å². The molecule has 1 aromatic rings. The van der Waals surface area contributed by atoms with Crippen molar-refractivity contribution in [1.29, 1.82) is 0 Å². The van der Waals surface area contributed by atoms with Gasteiger partial charge in [-0.3, -0.25) is 33.7 Å². The van der Waals surface area contributed by atoms with Crippen LogP contribution in [-0.2, 0) is 92.2 Å². The number of benzene rings is 1. The topological polar surface area (TPSA) is 263 Å². The van der Waals surface area contributed by atoms with E-state index in [0.717, 1.165) is 46.4 Å². The first-order valence-electron chi connectivity index (χ1n) is 18.8. The first-order valence-corrected chi connectivity index (χ1v) is 18.8. The van der Waals surface area contributed by atoms with Crippen LogP contribution in [0, 0.1) is 0 Å². The van der Waals surface area contributed by atoms with E-state index in [9.17, 15) is 38.4 Å². The van der Waals surface area contributed by atoms with Gasteiger partial charge in [0.2, 0.25) is 0 Å². The summed E-state index contributed by atoms with van der Waals surface area (Å²) in [6.45, 7) is 6.37. The number of carbonyl (C=O) groups excluding carboxylic acids is 8. The zero-order chi connectivity index (χ0) is 44.5. The second-order valence-electron chi connectivity index (χ2n) is 13.2. The Morgan fingerprint density at radius 3 is 1.62 bits per heavy atom. The minimum absolute atomic E-state index is 0.115. The van der Waals surface area contributed by atoms with Crippen molar-refractivity contribution in [2.24, 2.45) is 0 Å². The maximum absolute atomic E-state index is 14.1. The van der Waals surface area contributed by atoms with Crippen molar-refractivity contribution < 1.29 is 95.2 Å². The monoisotopic (exact) mass is 856 g/mol. The van der Waals surface area contributed by atoms with E-state index in [1.54, 1.807) is 37.3 Å². The van der Waals surface area contributed by atoms with E-state index in [2.05, 4.69) is 5.32 Å². The highest BCUT2D eigenvalue weighted by Gasteiger charge is 2.59. The number of nitrogens with one attached hydrogen (secondary N) is 1. The van der Waals surface area contributed by atoms with E-state index < -0.39 is 123 Å². The van der Waals surface area contributed by atoms with E-state index in [-0.39, 0.29) is 26.4 Å². The van der Waals surface area contributed by atoms with Crippen molar-refractivity contribution in [2.45, 2.75) is 116 Å². The van der Waals surface area contributed by atoms with Crippen LogP contribution < -0.4 is 5.32 Å². The van der Waals surface area contributed by atoms with E-state index in [1.807, 2.05) is 0 Å². The average Bonchev–Trinajstić information content (AvgIpc) is 3.17. The Morgan fingerprint density at radius 2 is 1.12 bits per heavy atom. The average molecular weight is 857 g/mol. The molecule has 0 saturated carbocycles. The lowest BCUT2D eigenvalue weighted by atomic mass is 9.95. The number of esters is 6. The fourth-order valence-corrected chi connectivity index (χ4v) is 6.16. The maximum Gasteiger partial charge on any atom is 0.412 e. The van der Waals surface area contributed by atoms with Crippen LogP contribution in [0.1, 0.15) is 54.0 Å². The van der Waals surface area contributed by atoms with Crippen molar-refractivity contribution >= 4 is 48.0 Å². The lowest BCUT2D eigenvalue weighted by molar-refractivity contribution is -0.352. The first kappa shape index (κ1) is 48.8. The highest BCUT2D eigenvalue weighted by atomic mass is 16.8. The molecule has 2 aliphatic heterocycles. The van der Waals surface area contributed by atoms with Crippen LogP contribution in [0.4, 0.5) is 9.59 Å². The Morgan fingerprint density at radius 1 is 0.617 bits per heavy atom. The molecular weight excluding hydrogens is 804 g/mol. The standard InChI is InChI=1S/C38H52N2O20/c1-9-49-16-15-40(38(48)52-17-26-13-11-10-12-14-26)35-33(31(55-24(6)45)29(53-22(4)43)27(57-35)18-50-20(2)41)59-36-34(56-25(7)46)32(60-37(47)39-8)30(54-23(5)44)28(58-36)19-51-21(3)42/h10-14,27-36H,9,15-19H2,1-8H3,(H,39,47)/t27-,28+,29+,30+,31-,32-,33-,34-,35?,36+/m0/s1. The van der Waals surface area contributed by atoms with Crippen molar-refractivity contribution in [3.05, 3.63) is 35.9 Å². The number of alkyl carbamates (subject to hydrolysis) is 1. The molecule has 2 heterocycles. The summed E-state index contributed by atoms with van der Waals surface area (Å²) in [5, 5.41) is 2.24. The summed E-state index contributed by atoms with van der Waals surface area (Å²) in [7, 11) is 1.22. The van der Waals surface area contributed by atoms with Gasteiger partial charge in [-0.15, -0.1) is 0 Å². The van der Waals surface area contributed by atoms with Gasteiger partial charge in [-0.05, 0) is 12.5 Å². The van der Waals surface area contributed by atoms with Gasteiger partial charge in [-0.1, -0.05) is 30.3 Å². The molecule has 1 aromatic carbocycles. The van der Waals surface area contributed by atoms with Crippen LogP contribution in [0.3, 0.4) is 0 Å². The highest BCUT2D eigenvalue weighted by molar-refractivity contribution is 5.70. The molecule has 22 heteroatoms. The Hall–Kier alpha value is -5.58. The van der Waals surface area contributed by atoms with Crippen molar-refractivity contribution in [2.75, 3.05) is 40.0 Å². The molecule has 2 saturated heterocycles. The van der Waals surface area contributed by atoms with Crippen LogP contribution in [0.2, 0.25) is 0 Å². The van der Waals surface area contributed by atoms with Gasteiger partial charge in [0, 0.05) is 55.2 Å². The molecule has 2 fully saturated rings. The second kappa shape index (κ2) is 23.9. The fraction of sp³-hybridized carbons (Fsp3) is 0.632. The second-order valence-corrected chi connectivity index (χ2v) is 13.2. The van der Waals surface area contributed by atoms with Gasteiger partial charge >= 0.3 is 48.0 Å². The molecule has 0 spiro atoms. The summed E-state index contributed by atoms with van der Waals surface area (Å²) in [5.74, 6) is -5.29. The molecule has 1 N–H and O–H groups in total. The largest absolute Gasteiger partial charge is 0.463 e.